The molecule has 3 aromatic rings. The van der Waals surface area contributed by atoms with Crippen LogP contribution in [0.2, 0.25) is 0 Å². The largest absolute Gasteiger partial charge is 0.299 e. The summed E-state index contributed by atoms with van der Waals surface area (Å²) in [4.78, 5) is 1.16. The number of nitrogens with zero attached hydrogens (tertiary/aromatic N) is 2. The molecule has 0 atom stereocenters. The zero-order valence-electron chi connectivity index (χ0n) is 10.9. The summed E-state index contributed by atoms with van der Waals surface area (Å²) >= 11 is 7.08. The van der Waals surface area contributed by atoms with Gasteiger partial charge in [0.25, 0.3) is 0 Å². The Balaban J connectivity index is 2.13. The predicted octanol–water partition coefficient (Wildman–Crippen LogP) is 4.48. The van der Waals surface area contributed by atoms with E-state index < -0.39 is 0 Å². The van der Waals surface area contributed by atoms with E-state index in [4.69, 9.17) is 12.2 Å². The van der Waals surface area contributed by atoms with Crippen LogP contribution in [-0.4, -0.2) is 14.8 Å². The van der Waals surface area contributed by atoms with Crippen molar-refractivity contribution in [2.24, 2.45) is 5.92 Å². The van der Waals surface area contributed by atoms with Crippen LogP contribution in [-0.2, 0) is 6.54 Å². The summed E-state index contributed by atoms with van der Waals surface area (Å²) in [5.74, 6) is 1.48. The van der Waals surface area contributed by atoms with Crippen LogP contribution in [0.5, 0.6) is 0 Å². The molecule has 0 amide bonds. The third kappa shape index (κ3) is 2.35. The Labute approximate surface area is 120 Å². The molecule has 0 aliphatic rings. The molecule has 0 aliphatic heterocycles. The molecule has 5 heteroatoms. The number of hydrogen-bond acceptors (Lipinski definition) is 3. The summed E-state index contributed by atoms with van der Waals surface area (Å²) in [5.41, 5.74) is 0. The van der Waals surface area contributed by atoms with Gasteiger partial charge in [-0.25, -0.2) is 0 Å². The van der Waals surface area contributed by atoms with Crippen LogP contribution in [0.15, 0.2) is 30.3 Å². The van der Waals surface area contributed by atoms with Gasteiger partial charge >= 0.3 is 0 Å². The number of nitrogens with one attached hydrogen (secondary N) is 1. The average Bonchev–Trinajstić information content (AvgIpc) is 2.93. The molecular formula is C14H15N3S2. The molecular weight excluding hydrogens is 274 g/mol. The Hall–Kier alpha value is -1.46. The Kier molecular flexibility index (Phi) is 3.24. The molecule has 1 aromatic carbocycles. The van der Waals surface area contributed by atoms with Gasteiger partial charge in [-0.05, 0) is 35.7 Å². The molecule has 3 rings (SSSR count). The van der Waals surface area contributed by atoms with Gasteiger partial charge in [0.15, 0.2) is 10.6 Å². The van der Waals surface area contributed by atoms with E-state index in [1.54, 1.807) is 11.3 Å². The quantitative estimate of drug-likeness (QED) is 0.721. The first-order valence-corrected chi connectivity index (χ1v) is 7.52. The first kappa shape index (κ1) is 12.6. The highest BCUT2D eigenvalue weighted by Gasteiger charge is 2.12. The number of rotatable bonds is 3. The van der Waals surface area contributed by atoms with Crippen LogP contribution in [0.25, 0.3) is 20.8 Å². The Morgan fingerprint density at radius 3 is 2.89 bits per heavy atom. The lowest BCUT2D eigenvalue weighted by atomic mass is 10.2. The molecule has 0 unspecified atom stereocenters. The van der Waals surface area contributed by atoms with Gasteiger partial charge in [-0.15, -0.1) is 11.3 Å². The summed E-state index contributed by atoms with van der Waals surface area (Å²) in [6.07, 6.45) is 0. The third-order valence-electron chi connectivity index (χ3n) is 2.95. The zero-order chi connectivity index (χ0) is 13.4. The summed E-state index contributed by atoms with van der Waals surface area (Å²) in [6.45, 7) is 5.26. The van der Waals surface area contributed by atoms with E-state index in [1.165, 1.54) is 10.1 Å². The third-order valence-corrected chi connectivity index (χ3v) is 4.38. The van der Waals surface area contributed by atoms with Crippen molar-refractivity contribution in [3.63, 3.8) is 0 Å². The molecule has 0 spiro atoms. The molecule has 0 saturated heterocycles. The molecule has 3 nitrogen and oxygen atoms in total. The maximum Gasteiger partial charge on any atom is 0.195 e. The number of aromatic amines is 1. The standard InChI is InChI=1S/C14H15N3S2/c1-9(2)8-17-13(15-16-14(17)18)12-7-10-5-3-4-6-11(10)19-12/h3-7,9H,8H2,1-2H3,(H,16,18). The molecule has 19 heavy (non-hydrogen) atoms. The van der Waals surface area contributed by atoms with Crippen LogP contribution in [0, 0.1) is 10.7 Å². The summed E-state index contributed by atoms with van der Waals surface area (Å²) in [6, 6.07) is 10.6. The van der Waals surface area contributed by atoms with Crippen LogP contribution >= 0.6 is 23.6 Å². The number of hydrogen-bond donors (Lipinski definition) is 1. The fraction of sp³-hybridized carbons (Fsp3) is 0.286. The second kappa shape index (κ2) is 4.90. The van der Waals surface area contributed by atoms with Crippen molar-refractivity contribution in [1.82, 2.24) is 14.8 Å². The lowest BCUT2D eigenvalue weighted by Crippen LogP contribution is -2.05. The van der Waals surface area contributed by atoms with Gasteiger partial charge in [-0.1, -0.05) is 32.0 Å². The molecule has 0 bridgehead atoms. The summed E-state index contributed by atoms with van der Waals surface area (Å²) < 4.78 is 4.06. The van der Waals surface area contributed by atoms with Crippen LogP contribution < -0.4 is 0 Å². The van der Waals surface area contributed by atoms with Crippen molar-refractivity contribution in [3.05, 3.63) is 35.1 Å². The van der Waals surface area contributed by atoms with Crippen molar-refractivity contribution < 1.29 is 0 Å². The maximum absolute atomic E-state index is 5.32. The van der Waals surface area contributed by atoms with E-state index >= 15 is 0 Å². The van der Waals surface area contributed by atoms with E-state index in [2.05, 4.69) is 58.9 Å². The molecule has 98 valence electrons. The van der Waals surface area contributed by atoms with E-state index in [-0.39, 0.29) is 0 Å². The molecule has 0 saturated carbocycles. The van der Waals surface area contributed by atoms with Crippen molar-refractivity contribution in [1.29, 1.82) is 0 Å². The molecule has 0 radical (unpaired) electrons. The van der Waals surface area contributed by atoms with Crippen molar-refractivity contribution >= 4 is 33.6 Å². The van der Waals surface area contributed by atoms with Crippen LogP contribution in [0.4, 0.5) is 0 Å². The minimum absolute atomic E-state index is 0.539. The lowest BCUT2D eigenvalue weighted by Gasteiger charge is -2.07. The van der Waals surface area contributed by atoms with Gasteiger partial charge < -0.3 is 0 Å². The van der Waals surface area contributed by atoms with E-state index in [1.807, 2.05) is 0 Å². The summed E-state index contributed by atoms with van der Waals surface area (Å²) in [5, 5.41) is 8.56. The number of H-pyrrole nitrogens is 1. The Morgan fingerprint density at radius 1 is 1.37 bits per heavy atom. The van der Waals surface area contributed by atoms with E-state index in [0.717, 1.165) is 17.2 Å². The topological polar surface area (TPSA) is 33.6 Å². The van der Waals surface area contributed by atoms with Crippen LogP contribution in [0.1, 0.15) is 13.8 Å². The fourth-order valence-corrected chi connectivity index (χ4v) is 3.40. The van der Waals surface area contributed by atoms with Crippen molar-refractivity contribution in [2.75, 3.05) is 0 Å². The monoisotopic (exact) mass is 289 g/mol. The SMILES string of the molecule is CC(C)Cn1c(-c2cc3ccccc3s2)n[nH]c1=S. The van der Waals surface area contributed by atoms with Gasteiger partial charge in [0.05, 0.1) is 4.88 Å². The molecule has 1 N–H and O–H groups in total. The van der Waals surface area contributed by atoms with Gasteiger partial charge in [0.2, 0.25) is 0 Å². The maximum atomic E-state index is 5.32. The van der Waals surface area contributed by atoms with Crippen LogP contribution in [0.3, 0.4) is 0 Å². The van der Waals surface area contributed by atoms with Crippen molar-refractivity contribution in [3.8, 4) is 10.7 Å². The molecule has 2 heterocycles. The number of aromatic nitrogens is 3. The molecule has 0 aliphatic carbocycles. The normalized spacial score (nSPS) is 11.5. The predicted molar refractivity (Wildman–Crippen MR) is 83.1 cm³/mol. The van der Waals surface area contributed by atoms with Gasteiger partial charge in [0, 0.05) is 11.2 Å². The smallest absolute Gasteiger partial charge is 0.195 e. The van der Waals surface area contributed by atoms with Gasteiger partial charge in [0.1, 0.15) is 0 Å². The average molecular weight is 289 g/mol. The minimum Gasteiger partial charge on any atom is -0.299 e. The van der Waals surface area contributed by atoms with E-state index in [0.29, 0.717) is 10.7 Å². The highest BCUT2D eigenvalue weighted by atomic mass is 32.1. The summed E-state index contributed by atoms with van der Waals surface area (Å²) in [7, 11) is 0. The Morgan fingerprint density at radius 2 is 2.16 bits per heavy atom. The zero-order valence-corrected chi connectivity index (χ0v) is 12.5. The second-order valence-electron chi connectivity index (χ2n) is 5.01. The highest BCUT2D eigenvalue weighted by molar-refractivity contribution is 7.71. The Bertz CT molecular complexity index is 731. The lowest BCUT2D eigenvalue weighted by molar-refractivity contribution is 0.522. The number of fused-ring (bicyclic) bond motifs is 1. The van der Waals surface area contributed by atoms with Gasteiger partial charge in [-0.3, -0.25) is 9.67 Å². The van der Waals surface area contributed by atoms with Gasteiger partial charge in [-0.2, -0.15) is 5.10 Å². The second-order valence-corrected chi connectivity index (χ2v) is 6.48. The first-order chi connectivity index (χ1) is 9.15. The molecule has 2 aromatic heterocycles. The molecule has 0 fully saturated rings. The fourth-order valence-electron chi connectivity index (χ4n) is 2.13. The number of thiophene rings is 1. The van der Waals surface area contributed by atoms with Crippen molar-refractivity contribution in [2.45, 2.75) is 20.4 Å². The van der Waals surface area contributed by atoms with E-state index in [9.17, 15) is 0 Å². The minimum atomic E-state index is 0.539. The number of benzene rings is 1. The highest BCUT2D eigenvalue weighted by Crippen LogP contribution is 2.32. The first-order valence-electron chi connectivity index (χ1n) is 6.29.